The Morgan fingerprint density at radius 2 is 1.88 bits per heavy atom. The summed E-state index contributed by atoms with van der Waals surface area (Å²) in [7, 11) is 0. The van der Waals surface area contributed by atoms with E-state index < -0.39 is 0 Å². The zero-order valence-corrected chi connectivity index (χ0v) is 12.2. The maximum atomic E-state index is 10.1. The zero-order chi connectivity index (χ0) is 13.1. The molecule has 0 amide bonds. The predicted molar refractivity (Wildman–Crippen MR) is 73.2 cm³/mol. The molecule has 1 saturated carbocycles. The Morgan fingerprint density at radius 3 is 2.29 bits per heavy atom. The lowest BCUT2D eigenvalue weighted by Gasteiger charge is -2.30. The fraction of sp³-hybridized carbons (Fsp3) is 1.00. The van der Waals surface area contributed by atoms with Crippen LogP contribution < -0.4 is 5.32 Å². The van der Waals surface area contributed by atoms with Gasteiger partial charge in [-0.25, -0.2) is 0 Å². The highest BCUT2D eigenvalue weighted by molar-refractivity contribution is 4.81. The number of hydrogen-bond acceptors (Lipinski definition) is 3. The fourth-order valence-corrected chi connectivity index (χ4v) is 1.89. The molecule has 1 fully saturated rings. The Kier molecular flexibility index (Phi) is 5.42. The number of nitrogens with one attached hydrogen (secondary N) is 1. The molecule has 0 saturated heterocycles. The van der Waals surface area contributed by atoms with Gasteiger partial charge in [-0.3, -0.25) is 4.90 Å². The maximum absolute atomic E-state index is 10.1. The molecule has 3 nitrogen and oxygen atoms in total. The quantitative estimate of drug-likeness (QED) is 0.715. The van der Waals surface area contributed by atoms with E-state index >= 15 is 0 Å². The monoisotopic (exact) mass is 242 g/mol. The van der Waals surface area contributed by atoms with Crippen LogP contribution >= 0.6 is 0 Å². The average Bonchev–Trinajstić information content (AvgIpc) is 2.96. The van der Waals surface area contributed by atoms with Crippen LogP contribution in [0.2, 0.25) is 0 Å². The molecule has 0 bridgehead atoms. The van der Waals surface area contributed by atoms with Gasteiger partial charge in [0.25, 0.3) is 0 Å². The summed E-state index contributed by atoms with van der Waals surface area (Å²) >= 11 is 0. The van der Waals surface area contributed by atoms with Crippen molar-refractivity contribution in [2.75, 3.05) is 19.6 Å². The summed E-state index contributed by atoms with van der Waals surface area (Å²) in [5.74, 6) is 0.889. The number of β-amino-alcohol motifs (C(OH)–C–C–N with tert-alkyl or cyclic N) is 1. The lowest BCUT2D eigenvalue weighted by atomic mass is 10.1. The van der Waals surface area contributed by atoms with Gasteiger partial charge >= 0.3 is 0 Å². The molecule has 0 aromatic heterocycles. The molecule has 0 aromatic carbocycles. The SMILES string of the molecule is CC(C)N(CC(O)CNC(C)(C)C)CC1CC1. The van der Waals surface area contributed by atoms with Gasteiger partial charge in [-0.15, -0.1) is 0 Å². The van der Waals surface area contributed by atoms with Gasteiger partial charge in [0.15, 0.2) is 0 Å². The van der Waals surface area contributed by atoms with Crippen molar-refractivity contribution in [3.63, 3.8) is 0 Å². The highest BCUT2D eigenvalue weighted by Gasteiger charge is 2.26. The lowest BCUT2D eigenvalue weighted by molar-refractivity contribution is 0.0868. The van der Waals surface area contributed by atoms with E-state index in [1.807, 2.05) is 0 Å². The summed E-state index contributed by atoms with van der Waals surface area (Å²) in [6, 6.07) is 0.528. The largest absolute Gasteiger partial charge is 0.390 e. The van der Waals surface area contributed by atoms with Gasteiger partial charge in [0.05, 0.1) is 6.10 Å². The molecule has 2 N–H and O–H groups in total. The number of nitrogens with zero attached hydrogens (tertiary/aromatic N) is 1. The first kappa shape index (κ1) is 14.9. The third kappa shape index (κ3) is 7.02. The normalized spacial score (nSPS) is 19.1. The summed E-state index contributed by atoms with van der Waals surface area (Å²) in [5.41, 5.74) is 0.0835. The van der Waals surface area contributed by atoms with Crippen molar-refractivity contribution in [2.24, 2.45) is 5.92 Å². The molecule has 17 heavy (non-hydrogen) atoms. The molecule has 1 unspecified atom stereocenters. The minimum absolute atomic E-state index is 0.0835. The molecule has 1 aliphatic carbocycles. The van der Waals surface area contributed by atoms with Crippen molar-refractivity contribution in [3.05, 3.63) is 0 Å². The molecule has 0 aromatic rings. The first-order valence-electron chi connectivity index (χ1n) is 6.95. The predicted octanol–water partition coefficient (Wildman–Crippen LogP) is 1.86. The summed E-state index contributed by atoms with van der Waals surface area (Å²) in [4.78, 5) is 2.41. The number of aliphatic hydroxyl groups is 1. The van der Waals surface area contributed by atoms with Gasteiger partial charge in [-0.2, -0.15) is 0 Å². The maximum Gasteiger partial charge on any atom is 0.0791 e. The van der Waals surface area contributed by atoms with Crippen molar-refractivity contribution < 1.29 is 5.11 Å². The van der Waals surface area contributed by atoms with Crippen molar-refractivity contribution >= 4 is 0 Å². The van der Waals surface area contributed by atoms with E-state index in [4.69, 9.17) is 0 Å². The molecule has 1 atom stereocenters. The van der Waals surface area contributed by atoms with Gasteiger partial charge in [-0.1, -0.05) is 0 Å². The highest BCUT2D eigenvalue weighted by Crippen LogP contribution is 2.30. The standard InChI is InChI=1S/C14H30N2O/c1-11(2)16(9-12-6-7-12)10-13(17)8-15-14(3,4)5/h11-13,15,17H,6-10H2,1-5H3. The lowest BCUT2D eigenvalue weighted by Crippen LogP contribution is -2.46. The Morgan fingerprint density at radius 1 is 1.29 bits per heavy atom. The topological polar surface area (TPSA) is 35.5 Å². The van der Waals surface area contributed by atoms with E-state index in [-0.39, 0.29) is 11.6 Å². The number of hydrogen-bond donors (Lipinski definition) is 2. The van der Waals surface area contributed by atoms with Crippen molar-refractivity contribution in [1.82, 2.24) is 10.2 Å². The molecular formula is C14H30N2O. The minimum atomic E-state index is -0.268. The van der Waals surface area contributed by atoms with E-state index in [9.17, 15) is 5.11 Å². The Labute approximate surface area is 107 Å². The van der Waals surface area contributed by atoms with Crippen LogP contribution in [0.15, 0.2) is 0 Å². The van der Waals surface area contributed by atoms with Gasteiger partial charge in [0.1, 0.15) is 0 Å². The molecule has 0 heterocycles. The smallest absolute Gasteiger partial charge is 0.0791 e. The molecule has 0 spiro atoms. The minimum Gasteiger partial charge on any atom is -0.390 e. The molecule has 3 heteroatoms. The van der Waals surface area contributed by atoms with Gasteiger partial charge in [0.2, 0.25) is 0 Å². The molecule has 1 aliphatic rings. The van der Waals surface area contributed by atoms with Crippen LogP contribution in [0.5, 0.6) is 0 Å². The first-order chi connectivity index (χ1) is 7.78. The van der Waals surface area contributed by atoms with Crippen molar-refractivity contribution in [1.29, 1.82) is 0 Å². The van der Waals surface area contributed by atoms with E-state index in [2.05, 4.69) is 44.8 Å². The van der Waals surface area contributed by atoms with E-state index in [0.29, 0.717) is 12.6 Å². The summed E-state index contributed by atoms with van der Waals surface area (Å²) in [6.45, 7) is 13.4. The number of rotatable bonds is 7. The van der Waals surface area contributed by atoms with Gasteiger partial charge in [-0.05, 0) is 53.4 Å². The zero-order valence-electron chi connectivity index (χ0n) is 12.2. The second kappa shape index (κ2) is 6.17. The van der Waals surface area contributed by atoms with Crippen LogP contribution in [-0.2, 0) is 0 Å². The third-order valence-electron chi connectivity index (χ3n) is 3.23. The van der Waals surface area contributed by atoms with E-state index in [0.717, 1.165) is 19.0 Å². The number of aliphatic hydroxyl groups excluding tert-OH is 1. The molecular weight excluding hydrogens is 212 g/mol. The fourth-order valence-electron chi connectivity index (χ4n) is 1.89. The van der Waals surface area contributed by atoms with Crippen LogP contribution in [0.25, 0.3) is 0 Å². The van der Waals surface area contributed by atoms with Crippen LogP contribution in [0.3, 0.4) is 0 Å². The second-order valence-corrected chi connectivity index (χ2v) is 6.78. The molecule has 1 rings (SSSR count). The van der Waals surface area contributed by atoms with Crippen LogP contribution in [-0.4, -0.2) is 47.3 Å². The Bertz CT molecular complexity index is 219. The molecule has 102 valence electrons. The third-order valence-corrected chi connectivity index (χ3v) is 3.23. The average molecular weight is 242 g/mol. The Balaban J connectivity index is 2.27. The van der Waals surface area contributed by atoms with Crippen LogP contribution in [0.1, 0.15) is 47.5 Å². The van der Waals surface area contributed by atoms with Crippen molar-refractivity contribution in [3.8, 4) is 0 Å². The molecule has 0 radical (unpaired) electrons. The summed E-state index contributed by atoms with van der Waals surface area (Å²) in [6.07, 6.45) is 2.48. The Hall–Kier alpha value is -0.120. The highest BCUT2D eigenvalue weighted by atomic mass is 16.3. The van der Waals surface area contributed by atoms with Crippen molar-refractivity contribution in [2.45, 2.75) is 65.1 Å². The van der Waals surface area contributed by atoms with Gasteiger partial charge < -0.3 is 10.4 Å². The van der Waals surface area contributed by atoms with Gasteiger partial charge in [0, 0.05) is 31.2 Å². The first-order valence-corrected chi connectivity index (χ1v) is 6.95. The molecule has 0 aliphatic heterocycles. The summed E-state index contributed by atoms with van der Waals surface area (Å²) < 4.78 is 0. The van der Waals surface area contributed by atoms with Crippen LogP contribution in [0, 0.1) is 5.92 Å². The summed E-state index contributed by atoms with van der Waals surface area (Å²) in [5, 5.41) is 13.4. The van der Waals surface area contributed by atoms with E-state index in [1.54, 1.807) is 0 Å². The van der Waals surface area contributed by atoms with Crippen LogP contribution in [0.4, 0.5) is 0 Å². The van der Waals surface area contributed by atoms with E-state index in [1.165, 1.54) is 12.8 Å². The second-order valence-electron chi connectivity index (χ2n) is 6.78.